The molecule has 2 aliphatic rings. The summed E-state index contributed by atoms with van der Waals surface area (Å²) < 4.78 is 5.94. The molecule has 1 aromatic carbocycles. The van der Waals surface area contributed by atoms with Crippen molar-refractivity contribution >= 4 is 6.03 Å². The average Bonchev–Trinajstić information content (AvgIpc) is 3.14. The van der Waals surface area contributed by atoms with Crippen LogP contribution in [0.3, 0.4) is 0 Å². The van der Waals surface area contributed by atoms with E-state index in [-0.39, 0.29) is 24.3 Å². The maximum Gasteiger partial charge on any atom is 0.317 e. The molecule has 0 aromatic heterocycles. The summed E-state index contributed by atoms with van der Waals surface area (Å²) >= 11 is 0. The number of carbonyl (C=O) groups excluding carboxylic acids is 1. The Morgan fingerprint density at radius 1 is 1.48 bits per heavy atom. The molecule has 1 saturated heterocycles. The van der Waals surface area contributed by atoms with E-state index in [0.717, 1.165) is 50.1 Å². The molecule has 2 N–H and O–H groups in total. The predicted octanol–water partition coefficient (Wildman–Crippen LogP) is 3.27. The Morgan fingerprint density at radius 2 is 2.28 bits per heavy atom. The van der Waals surface area contributed by atoms with E-state index >= 15 is 0 Å². The minimum atomic E-state index is -0.150. The van der Waals surface area contributed by atoms with Gasteiger partial charge in [-0.25, -0.2) is 4.79 Å². The molecule has 2 amide bonds. The molecular formula is C20H30N2O3. The number of likely N-dealkylation sites (tertiary alicyclic amines) is 1. The third-order valence-corrected chi connectivity index (χ3v) is 5.31. The Morgan fingerprint density at radius 3 is 3.00 bits per heavy atom. The number of nitrogens with zero attached hydrogens (tertiary/aromatic N) is 1. The van der Waals surface area contributed by atoms with Crippen LogP contribution in [0.2, 0.25) is 0 Å². The summed E-state index contributed by atoms with van der Waals surface area (Å²) in [4.78, 5) is 14.5. The lowest BCUT2D eigenvalue weighted by atomic mass is 9.97. The second-order valence-electron chi connectivity index (χ2n) is 7.93. The molecule has 25 heavy (non-hydrogen) atoms. The van der Waals surface area contributed by atoms with E-state index in [1.165, 1.54) is 5.56 Å². The molecule has 2 heterocycles. The number of fused-ring (bicyclic) bond motifs is 1. The van der Waals surface area contributed by atoms with Crippen LogP contribution >= 0.6 is 0 Å². The molecule has 1 fully saturated rings. The van der Waals surface area contributed by atoms with Gasteiger partial charge in [-0.05, 0) is 62.3 Å². The number of aliphatic hydroxyl groups is 1. The fourth-order valence-corrected chi connectivity index (χ4v) is 3.94. The highest BCUT2D eigenvalue weighted by Crippen LogP contribution is 2.36. The fourth-order valence-electron chi connectivity index (χ4n) is 3.94. The maximum atomic E-state index is 12.6. The summed E-state index contributed by atoms with van der Waals surface area (Å²) in [5.41, 5.74) is 2.21. The predicted molar refractivity (Wildman–Crippen MR) is 97.8 cm³/mol. The quantitative estimate of drug-likeness (QED) is 0.860. The van der Waals surface area contributed by atoms with Crippen LogP contribution in [0.15, 0.2) is 18.2 Å². The van der Waals surface area contributed by atoms with Gasteiger partial charge in [0.25, 0.3) is 0 Å². The summed E-state index contributed by atoms with van der Waals surface area (Å²) in [6.45, 7) is 8.01. The normalized spacial score (nSPS) is 22.4. The average molecular weight is 346 g/mol. The molecule has 5 heteroatoms. The van der Waals surface area contributed by atoms with E-state index < -0.39 is 0 Å². The van der Waals surface area contributed by atoms with Crippen molar-refractivity contribution in [3.8, 4) is 5.75 Å². The third kappa shape index (κ3) is 4.09. The van der Waals surface area contributed by atoms with E-state index in [0.29, 0.717) is 5.92 Å². The highest BCUT2D eigenvalue weighted by molar-refractivity contribution is 5.75. The first-order valence-corrected chi connectivity index (χ1v) is 9.40. The number of benzene rings is 1. The Hall–Kier alpha value is -1.75. The van der Waals surface area contributed by atoms with Crippen LogP contribution in [0.5, 0.6) is 5.75 Å². The smallest absolute Gasteiger partial charge is 0.317 e. The SMILES string of the molecule is CC[C@H](NC(=O)N1CC[C@@H](CCO)C1)c1ccc2c(c1)CC(C)(C)O2. The number of urea groups is 1. The van der Waals surface area contributed by atoms with Gasteiger partial charge in [-0.1, -0.05) is 13.0 Å². The summed E-state index contributed by atoms with van der Waals surface area (Å²) in [6, 6.07) is 6.29. The van der Waals surface area contributed by atoms with Crippen molar-refractivity contribution in [2.24, 2.45) is 5.92 Å². The molecule has 1 aromatic rings. The highest BCUT2D eigenvalue weighted by Gasteiger charge is 2.31. The second kappa shape index (κ2) is 7.24. The molecule has 0 radical (unpaired) electrons. The Kier molecular flexibility index (Phi) is 5.23. The van der Waals surface area contributed by atoms with E-state index in [1.54, 1.807) is 0 Å². The van der Waals surface area contributed by atoms with Gasteiger partial charge in [0.2, 0.25) is 0 Å². The highest BCUT2D eigenvalue weighted by atomic mass is 16.5. The van der Waals surface area contributed by atoms with E-state index in [9.17, 15) is 4.79 Å². The Balaban J connectivity index is 1.65. The Labute approximate surface area is 150 Å². The largest absolute Gasteiger partial charge is 0.487 e. The van der Waals surface area contributed by atoms with Crippen molar-refractivity contribution in [1.29, 1.82) is 0 Å². The van der Waals surface area contributed by atoms with Crippen LogP contribution in [0.25, 0.3) is 0 Å². The number of carbonyl (C=O) groups is 1. The molecule has 138 valence electrons. The molecule has 0 bridgehead atoms. The van der Waals surface area contributed by atoms with Crippen molar-refractivity contribution < 1.29 is 14.6 Å². The number of hydrogen-bond acceptors (Lipinski definition) is 3. The topological polar surface area (TPSA) is 61.8 Å². The molecule has 2 aliphatic heterocycles. The molecule has 2 atom stereocenters. The third-order valence-electron chi connectivity index (χ3n) is 5.31. The number of aliphatic hydroxyl groups excluding tert-OH is 1. The van der Waals surface area contributed by atoms with Gasteiger partial charge in [0.1, 0.15) is 11.4 Å². The lowest BCUT2D eigenvalue weighted by Crippen LogP contribution is -2.40. The number of rotatable bonds is 5. The number of hydrogen-bond donors (Lipinski definition) is 2. The first-order valence-electron chi connectivity index (χ1n) is 9.40. The van der Waals surface area contributed by atoms with E-state index in [2.05, 4.69) is 38.2 Å². The summed E-state index contributed by atoms with van der Waals surface area (Å²) in [5, 5.41) is 12.3. The van der Waals surface area contributed by atoms with Gasteiger partial charge in [-0.3, -0.25) is 0 Å². The zero-order valence-corrected chi connectivity index (χ0v) is 15.5. The van der Waals surface area contributed by atoms with Crippen LogP contribution in [0.4, 0.5) is 4.79 Å². The zero-order chi connectivity index (χ0) is 18.0. The van der Waals surface area contributed by atoms with Crippen LogP contribution in [0, 0.1) is 5.92 Å². The van der Waals surface area contributed by atoms with Gasteiger partial charge in [0.05, 0.1) is 6.04 Å². The van der Waals surface area contributed by atoms with Gasteiger partial charge in [-0.15, -0.1) is 0 Å². The van der Waals surface area contributed by atoms with E-state index in [1.807, 2.05) is 11.0 Å². The summed E-state index contributed by atoms with van der Waals surface area (Å²) in [7, 11) is 0. The maximum absolute atomic E-state index is 12.6. The fraction of sp³-hybridized carbons (Fsp3) is 0.650. The first-order chi connectivity index (χ1) is 11.9. The zero-order valence-electron chi connectivity index (χ0n) is 15.5. The van der Waals surface area contributed by atoms with E-state index in [4.69, 9.17) is 9.84 Å². The summed E-state index contributed by atoms with van der Waals surface area (Å²) in [6.07, 6.45) is 3.51. The van der Waals surface area contributed by atoms with Crippen LogP contribution in [0.1, 0.15) is 57.2 Å². The lowest BCUT2D eigenvalue weighted by molar-refractivity contribution is 0.138. The molecule has 0 spiro atoms. The van der Waals surface area contributed by atoms with Gasteiger partial charge in [0.15, 0.2) is 0 Å². The molecule has 3 rings (SSSR count). The van der Waals surface area contributed by atoms with Gasteiger partial charge in [0, 0.05) is 26.1 Å². The minimum absolute atomic E-state index is 0.00404. The first kappa shape index (κ1) is 18.1. The van der Waals surface area contributed by atoms with Crippen LogP contribution in [-0.4, -0.2) is 41.3 Å². The van der Waals surface area contributed by atoms with Crippen LogP contribution in [-0.2, 0) is 6.42 Å². The molecule has 5 nitrogen and oxygen atoms in total. The monoisotopic (exact) mass is 346 g/mol. The van der Waals surface area contributed by atoms with Gasteiger partial charge in [-0.2, -0.15) is 0 Å². The lowest BCUT2D eigenvalue weighted by Gasteiger charge is -2.23. The van der Waals surface area contributed by atoms with Crippen molar-refractivity contribution in [2.75, 3.05) is 19.7 Å². The Bertz CT molecular complexity index is 629. The molecular weight excluding hydrogens is 316 g/mol. The minimum Gasteiger partial charge on any atom is -0.487 e. The van der Waals surface area contributed by atoms with Crippen molar-refractivity contribution in [2.45, 2.75) is 58.1 Å². The van der Waals surface area contributed by atoms with Crippen molar-refractivity contribution in [1.82, 2.24) is 10.2 Å². The number of nitrogens with one attached hydrogen (secondary N) is 1. The summed E-state index contributed by atoms with van der Waals surface area (Å²) in [5.74, 6) is 1.39. The van der Waals surface area contributed by atoms with Crippen molar-refractivity contribution in [3.05, 3.63) is 29.3 Å². The van der Waals surface area contributed by atoms with Crippen molar-refractivity contribution in [3.63, 3.8) is 0 Å². The second-order valence-corrected chi connectivity index (χ2v) is 7.93. The number of amides is 2. The molecule has 0 aliphatic carbocycles. The number of ether oxygens (including phenoxy) is 1. The molecule has 0 unspecified atom stereocenters. The molecule has 0 saturated carbocycles. The van der Waals surface area contributed by atoms with Gasteiger partial charge < -0.3 is 20.1 Å². The standard InChI is InChI=1S/C20H30N2O3/c1-4-17(21-19(24)22-9-7-14(13-22)8-10-23)15-5-6-18-16(11-15)12-20(2,3)25-18/h5-6,11,14,17,23H,4,7-10,12-13H2,1-3H3,(H,21,24)/t14-,17-/m0/s1. The van der Waals surface area contributed by atoms with Gasteiger partial charge >= 0.3 is 6.03 Å². The van der Waals surface area contributed by atoms with Crippen LogP contribution < -0.4 is 10.1 Å².